The Labute approximate surface area is 191 Å². The number of ether oxygens (including phenoxy) is 1. The van der Waals surface area contributed by atoms with E-state index >= 15 is 0 Å². The maximum Gasteiger partial charge on any atom is 0.337 e. The first kappa shape index (κ1) is 22.8. The highest BCUT2D eigenvalue weighted by molar-refractivity contribution is 5.89. The van der Waals surface area contributed by atoms with Gasteiger partial charge in [0.1, 0.15) is 0 Å². The number of benzene rings is 1. The summed E-state index contributed by atoms with van der Waals surface area (Å²) >= 11 is 0. The Morgan fingerprint density at radius 2 is 1.91 bits per heavy atom. The largest absolute Gasteiger partial charge is 0.465 e. The average Bonchev–Trinajstić information content (AvgIpc) is 3.38. The van der Waals surface area contributed by atoms with E-state index in [9.17, 15) is 9.59 Å². The Bertz CT molecular complexity index is 1050. The number of aryl methyl sites for hydroxylation is 3. The van der Waals surface area contributed by atoms with Crippen molar-refractivity contribution < 1.29 is 9.53 Å². The third-order valence-electron chi connectivity index (χ3n) is 7.71. The molecule has 2 aliphatic rings. The summed E-state index contributed by atoms with van der Waals surface area (Å²) in [6, 6.07) is 9.53. The minimum atomic E-state index is -0.330. The molecule has 0 N–H and O–H groups in total. The molecule has 4 rings (SSSR count). The number of carbonyl (C=O) groups excluding carboxylic acids is 1. The Morgan fingerprint density at radius 3 is 2.53 bits per heavy atom. The van der Waals surface area contributed by atoms with Gasteiger partial charge in [-0.2, -0.15) is 0 Å². The van der Waals surface area contributed by atoms with Gasteiger partial charge in [0.2, 0.25) is 0 Å². The molecule has 1 saturated carbocycles. The number of rotatable bonds is 7. The Balaban J connectivity index is 1.56. The van der Waals surface area contributed by atoms with E-state index < -0.39 is 0 Å². The van der Waals surface area contributed by atoms with Crippen molar-refractivity contribution in [2.24, 2.45) is 11.8 Å². The number of pyridine rings is 1. The van der Waals surface area contributed by atoms with Gasteiger partial charge < -0.3 is 9.30 Å². The maximum absolute atomic E-state index is 13.2. The smallest absolute Gasteiger partial charge is 0.337 e. The van der Waals surface area contributed by atoms with Crippen molar-refractivity contribution in [3.05, 3.63) is 68.6 Å². The first-order valence-corrected chi connectivity index (χ1v) is 11.9. The van der Waals surface area contributed by atoms with Crippen molar-refractivity contribution in [1.82, 2.24) is 9.47 Å². The summed E-state index contributed by atoms with van der Waals surface area (Å²) in [5, 5.41) is 0. The fourth-order valence-corrected chi connectivity index (χ4v) is 5.83. The summed E-state index contributed by atoms with van der Waals surface area (Å²) in [6.45, 7) is 11.4. The lowest BCUT2D eigenvalue weighted by molar-refractivity contribution is 0.0600. The third kappa shape index (κ3) is 4.15. The van der Waals surface area contributed by atoms with Crippen LogP contribution in [0.25, 0.3) is 0 Å². The summed E-state index contributed by atoms with van der Waals surface area (Å²) in [5.74, 6) is 1.16. The zero-order valence-electron chi connectivity index (χ0n) is 20.1. The van der Waals surface area contributed by atoms with Gasteiger partial charge in [-0.15, -0.1) is 0 Å². The molecule has 2 atom stereocenters. The summed E-state index contributed by atoms with van der Waals surface area (Å²) in [4.78, 5) is 27.5. The third-order valence-corrected chi connectivity index (χ3v) is 7.71. The molecule has 172 valence electrons. The van der Waals surface area contributed by atoms with Crippen molar-refractivity contribution >= 4 is 5.97 Å². The van der Waals surface area contributed by atoms with Crippen molar-refractivity contribution in [3.8, 4) is 0 Å². The molecule has 1 saturated heterocycles. The molecule has 2 heterocycles. The number of hydrogen-bond donors (Lipinski definition) is 0. The zero-order valence-corrected chi connectivity index (χ0v) is 20.1. The molecule has 1 aromatic heterocycles. The van der Waals surface area contributed by atoms with Gasteiger partial charge in [-0.3, -0.25) is 9.69 Å². The molecule has 5 heteroatoms. The van der Waals surface area contributed by atoms with Crippen LogP contribution in [0.15, 0.2) is 35.1 Å². The van der Waals surface area contributed by atoms with Crippen molar-refractivity contribution in [3.63, 3.8) is 0 Å². The summed E-state index contributed by atoms with van der Waals surface area (Å²) in [7, 11) is 1.39. The van der Waals surface area contributed by atoms with Crippen molar-refractivity contribution in [2.45, 2.75) is 72.0 Å². The number of likely N-dealkylation sites (tertiary alicyclic amines) is 1. The molecule has 1 aromatic carbocycles. The minimum Gasteiger partial charge on any atom is -0.465 e. The van der Waals surface area contributed by atoms with Crippen LogP contribution in [0.5, 0.6) is 0 Å². The van der Waals surface area contributed by atoms with E-state index in [2.05, 4.69) is 31.7 Å². The van der Waals surface area contributed by atoms with Gasteiger partial charge >= 0.3 is 5.97 Å². The summed E-state index contributed by atoms with van der Waals surface area (Å²) < 4.78 is 6.78. The second-order valence-electron chi connectivity index (χ2n) is 10.0. The molecule has 1 spiro atoms. The molecule has 32 heavy (non-hydrogen) atoms. The highest BCUT2D eigenvalue weighted by atomic mass is 16.5. The number of esters is 1. The first-order chi connectivity index (χ1) is 15.3. The van der Waals surface area contributed by atoms with Crippen molar-refractivity contribution in [2.75, 3.05) is 13.7 Å². The zero-order chi connectivity index (χ0) is 23.0. The molecule has 1 aliphatic carbocycles. The Morgan fingerprint density at radius 1 is 1.19 bits per heavy atom. The molecule has 1 aliphatic heterocycles. The van der Waals surface area contributed by atoms with Crippen LogP contribution in [0, 0.1) is 25.7 Å². The first-order valence-electron chi connectivity index (χ1n) is 11.9. The van der Waals surface area contributed by atoms with Gasteiger partial charge in [0, 0.05) is 29.9 Å². The quantitative estimate of drug-likeness (QED) is 0.600. The minimum absolute atomic E-state index is 0.112. The van der Waals surface area contributed by atoms with E-state index in [1.807, 2.05) is 23.6 Å². The van der Waals surface area contributed by atoms with Crippen LogP contribution in [0.1, 0.15) is 65.9 Å². The van der Waals surface area contributed by atoms with Crippen LogP contribution >= 0.6 is 0 Å². The number of aromatic nitrogens is 1. The molecule has 0 radical (unpaired) electrons. The molecular weight excluding hydrogens is 400 g/mol. The van der Waals surface area contributed by atoms with Gasteiger partial charge in [0.05, 0.1) is 12.7 Å². The molecular formula is C27H36N2O3. The van der Waals surface area contributed by atoms with E-state index in [0.717, 1.165) is 42.2 Å². The molecule has 0 bridgehead atoms. The van der Waals surface area contributed by atoms with Gasteiger partial charge in [-0.25, -0.2) is 4.79 Å². The average molecular weight is 437 g/mol. The maximum atomic E-state index is 13.2. The van der Waals surface area contributed by atoms with Crippen molar-refractivity contribution in [1.29, 1.82) is 0 Å². The fourth-order valence-electron chi connectivity index (χ4n) is 5.83. The number of methoxy groups -OCH3 is 1. The van der Waals surface area contributed by atoms with Gasteiger partial charge in [0.15, 0.2) is 0 Å². The molecule has 2 fully saturated rings. The van der Waals surface area contributed by atoms with E-state index in [-0.39, 0.29) is 11.5 Å². The second kappa shape index (κ2) is 8.86. The molecule has 0 amide bonds. The predicted molar refractivity (Wildman–Crippen MR) is 127 cm³/mol. The molecule has 2 aromatic rings. The lowest BCUT2D eigenvalue weighted by Gasteiger charge is -2.29. The second-order valence-corrected chi connectivity index (χ2v) is 10.0. The number of nitrogens with zero attached hydrogens (tertiary/aromatic N) is 2. The number of hydrogen-bond acceptors (Lipinski definition) is 4. The van der Waals surface area contributed by atoms with Gasteiger partial charge in [-0.1, -0.05) is 26.0 Å². The summed E-state index contributed by atoms with van der Waals surface area (Å²) in [5.41, 5.74) is 5.28. The Hall–Kier alpha value is -2.40. The van der Waals surface area contributed by atoms with Gasteiger partial charge in [0.25, 0.3) is 5.56 Å². The standard InChI is InChI=1S/C27H36N2O3/c1-18(2)23-16-27(23)12-6-13-28(27)17-24-19(3)15-20(4)25(30)29(24)14-11-21-7-9-22(10-8-21)26(31)32-5/h7-10,15,18,23H,6,11-14,16-17H2,1-5H3/t23-,27?/m0/s1. The summed E-state index contributed by atoms with van der Waals surface area (Å²) in [6.07, 6.45) is 4.59. The van der Waals surface area contributed by atoms with E-state index in [4.69, 9.17) is 4.74 Å². The predicted octanol–water partition coefficient (Wildman–Crippen LogP) is 4.50. The topological polar surface area (TPSA) is 51.5 Å². The van der Waals surface area contributed by atoms with Crippen LogP contribution in [0.4, 0.5) is 0 Å². The SMILES string of the molecule is COC(=O)c1ccc(CCn2c(CN3CCCC34C[C@H]4C(C)C)c(C)cc(C)c2=O)cc1. The van der Waals surface area contributed by atoms with Crippen LogP contribution in [-0.4, -0.2) is 34.6 Å². The van der Waals surface area contributed by atoms with Crippen LogP contribution < -0.4 is 5.56 Å². The highest BCUT2D eigenvalue weighted by Crippen LogP contribution is 2.58. The number of carbonyl (C=O) groups is 1. The van der Waals surface area contributed by atoms with E-state index in [1.54, 1.807) is 12.1 Å². The van der Waals surface area contributed by atoms with Crippen LogP contribution in [0.3, 0.4) is 0 Å². The lowest BCUT2D eigenvalue weighted by Crippen LogP contribution is -2.37. The van der Waals surface area contributed by atoms with Gasteiger partial charge in [-0.05, 0) is 87.2 Å². The van der Waals surface area contributed by atoms with Crippen LogP contribution in [-0.2, 0) is 24.2 Å². The molecule has 1 unspecified atom stereocenters. The van der Waals surface area contributed by atoms with E-state index in [0.29, 0.717) is 23.6 Å². The molecule has 5 nitrogen and oxygen atoms in total. The Kier molecular flexibility index (Phi) is 6.30. The lowest BCUT2D eigenvalue weighted by atomic mass is 10.0. The van der Waals surface area contributed by atoms with Crippen LogP contribution in [0.2, 0.25) is 0 Å². The monoisotopic (exact) mass is 436 g/mol. The normalized spacial score (nSPS) is 22.6. The van der Waals surface area contributed by atoms with E-state index in [1.165, 1.54) is 31.9 Å². The fraction of sp³-hybridized carbons (Fsp3) is 0.556. The highest BCUT2D eigenvalue weighted by Gasteiger charge is 2.60.